The van der Waals surface area contributed by atoms with E-state index in [2.05, 4.69) is 8.43 Å². The van der Waals surface area contributed by atoms with Crippen molar-refractivity contribution in [2.45, 2.75) is 0 Å². The smallest absolute Gasteiger partial charge is 0.280 e. The summed E-state index contributed by atoms with van der Waals surface area (Å²) >= 11 is 0.519. The maximum absolute atomic E-state index is 7.40. The molecule has 1 N–H and O–H groups in total. The molecule has 0 bridgehead atoms. The molecule has 0 aromatic heterocycles. The normalized spacial score (nSPS) is 8.20. The fraction of sp³-hybridized carbons (Fsp3) is 0. The minimum atomic E-state index is 0.519. The highest BCUT2D eigenvalue weighted by Gasteiger charge is 1.69. The highest BCUT2D eigenvalue weighted by Crippen LogP contribution is 1.93. The van der Waals surface area contributed by atoms with Crippen LogP contribution in [0.25, 0.3) is 0 Å². The Balaban J connectivity index is 2.19. The molecule has 3 nitrogen and oxygen atoms in total. The Bertz CT molecular complexity index is 14.4. The second kappa shape index (κ2) is 4.29. The molecule has 30 valence electrons. The van der Waals surface area contributed by atoms with Crippen LogP contribution in [0.1, 0.15) is 0 Å². The van der Waals surface area contributed by atoms with Crippen LogP contribution < -0.4 is 0 Å². The van der Waals surface area contributed by atoms with Crippen molar-refractivity contribution in [3.63, 3.8) is 0 Å². The van der Waals surface area contributed by atoms with Crippen molar-refractivity contribution >= 4 is 20.4 Å². The van der Waals surface area contributed by atoms with E-state index in [1.165, 1.54) is 8.05 Å². The van der Waals surface area contributed by atoms with E-state index >= 15 is 0 Å². The maximum Gasteiger partial charge on any atom is 0.280 e. The van der Waals surface area contributed by atoms with Crippen LogP contribution >= 0.6 is 12.3 Å². The molecule has 0 saturated carbocycles. The predicted molar refractivity (Wildman–Crippen MR) is 20.9 cm³/mol. The Labute approximate surface area is 35.1 Å². The summed E-state index contributed by atoms with van der Waals surface area (Å²) < 4.78 is 7.52. The summed E-state index contributed by atoms with van der Waals surface area (Å²) in [4.78, 5) is 0. The summed E-state index contributed by atoms with van der Waals surface area (Å²) in [6, 6.07) is 0. The van der Waals surface area contributed by atoms with E-state index < -0.39 is 0 Å². The van der Waals surface area contributed by atoms with E-state index in [0.717, 1.165) is 0 Å². The second-order valence-electron chi connectivity index (χ2n) is 0.309. The maximum atomic E-state index is 7.40. The van der Waals surface area contributed by atoms with Crippen molar-refractivity contribution in [3.8, 4) is 0 Å². The molecule has 0 aromatic carbocycles. The van der Waals surface area contributed by atoms with E-state index in [0.29, 0.717) is 12.3 Å². The number of rotatable bonds is 2. The van der Waals surface area contributed by atoms with Crippen molar-refractivity contribution in [2.24, 2.45) is 0 Å². The Kier molecular flexibility index (Phi) is 4.55. The zero-order valence-electron chi connectivity index (χ0n) is 2.67. The minimum Gasteiger partial charge on any atom is -0.362 e. The molecular weight excluding hydrogens is 90.9 g/mol. The topological polar surface area (TPSA) is 38.7 Å². The molecule has 5 heteroatoms. The summed E-state index contributed by atoms with van der Waals surface area (Å²) in [5, 5.41) is 7.40. The lowest BCUT2D eigenvalue weighted by Gasteiger charge is -1.81. The standard InChI is InChI=1S/BH3O3S/c1-3-5-4-2/h2H,1H2. The monoisotopic (exact) mass is 94.0 g/mol. The molecule has 0 radical (unpaired) electrons. The Morgan fingerprint density at radius 2 is 2.40 bits per heavy atom. The van der Waals surface area contributed by atoms with Crippen molar-refractivity contribution < 1.29 is 13.7 Å². The van der Waals surface area contributed by atoms with Gasteiger partial charge in [0.05, 0.1) is 0 Å². The fourth-order valence-corrected chi connectivity index (χ4v) is 0.0913. The highest BCUT2D eigenvalue weighted by molar-refractivity contribution is 7.90. The van der Waals surface area contributed by atoms with Crippen LogP contribution in [0.4, 0.5) is 0 Å². The molecule has 0 aromatic rings. The molecule has 0 spiro atoms. The summed E-state index contributed by atoms with van der Waals surface area (Å²) in [6.45, 7) is 0. The van der Waals surface area contributed by atoms with Crippen LogP contribution in [0.2, 0.25) is 0 Å². The lowest BCUT2D eigenvalue weighted by Crippen LogP contribution is -1.68. The lowest BCUT2D eigenvalue weighted by molar-refractivity contribution is -0.121. The lowest BCUT2D eigenvalue weighted by atomic mass is 10.6. The van der Waals surface area contributed by atoms with Crippen molar-refractivity contribution in [1.82, 2.24) is 0 Å². The summed E-state index contributed by atoms with van der Waals surface area (Å²) in [5.41, 5.74) is 0. The first kappa shape index (κ1) is 5.29. The van der Waals surface area contributed by atoms with Gasteiger partial charge in [-0.1, -0.05) is 0 Å². The van der Waals surface area contributed by atoms with E-state index in [-0.39, 0.29) is 0 Å². The quantitative estimate of drug-likeness (QED) is 0.219. The van der Waals surface area contributed by atoms with Gasteiger partial charge in [-0.25, -0.2) is 5.26 Å². The van der Waals surface area contributed by atoms with Crippen LogP contribution in [0, 0.1) is 0 Å². The average Bonchev–Trinajstić information content (AvgIpc) is 1.41. The minimum absolute atomic E-state index is 0.519. The van der Waals surface area contributed by atoms with Gasteiger partial charge in [-0.15, -0.1) is 4.33 Å². The van der Waals surface area contributed by atoms with Crippen molar-refractivity contribution in [1.29, 1.82) is 0 Å². The first-order valence-corrected chi connectivity index (χ1v) is 1.59. The van der Waals surface area contributed by atoms with Gasteiger partial charge in [-0.2, -0.15) is 0 Å². The SMILES string of the molecule is BOSOO. The van der Waals surface area contributed by atoms with Crippen molar-refractivity contribution in [3.05, 3.63) is 0 Å². The molecule has 5 heavy (non-hydrogen) atoms. The summed E-state index contributed by atoms with van der Waals surface area (Å²) in [5.74, 6) is 0. The average molecular weight is 93.9 g/mol. The molecule has 0 aliphatic carbocycles. The molecule has 0 saturated heterocycles. The first-order chi connectivity index (χ1) is 2.41. The molecule has 0 fully saturated rings. The van der Waals surface area contributed by atoms with Gasteiger partial charge in [0.1, 0.15) is 0 Å². The Morgan fingerprint density at radius 3 is 2.40 bits per heavy atom. The third-order valence-corrected chi connectivity index (χ3v) is 0.295. The van der Waals surface area contributed by atoms with Crippen LogP contribution in [0.3, 0.4) is 0 Å². The fourth-order valence-electron chi connectivity index (χ4n) is 0.0304. The van der Waals surface area contributed by atoms with Gasteiger partial charge in [-0.05, 0) is 0 Å². The van der Waals surface area contributed by atoms with Gasteiger partial charge in [0.2, 0.25) is 0 Å². The molecule has 0 amide bonds. The molecular formula is H3BO3S. The van der Waals surface area contributed by atoms with Crippen molar-refractivity contribution in [2.75, 3.05) is 0 Å². The van der Waals surface area contributed by atoms with Gasteiger partial charge < -0.3 is 4.10 Å². The molecule has 0 heterocycles. The third kappa shape index (κ3) is 4.29. The van der Waals surface area contributed by atoms with E-state index in [1.54, 1.807) is 0 Å². The van der Waals surface area contributed by atoms with Crippen LogP contribution in [-0.4, -0.2) is 13.3 Å². The van der Waals surface area contributed by atoms with Crippen LogP contribution in [0.5, 0.6) is 0 Å². The van der Waals surface area contributed by atoms with Crippen LogP contribution in [-0.2, 0) is 8.43 Å². The summed E-state index contributed by atoms with van der Waals surface area (Å²) in [6.07, 6.45) is 0. The largest absolute Gasteiger partial charge is 0.362 e. The number of hydrogen-bond acceptors (Lipinski definition) is 4. The second-order valence-corrected chi connectivity index (χ2v) is 0.928. The molecule has 0 rings (SSSR count). The Hall–Kier alpha value is 0.295. The third-order valence-electron chi connectivity index (χ3n) is 0.0985. The zero-order valence-corrected chi connectivity index (χ0v) is 3.49. The van der Waals surface area contributed by atoms with E-state index in [1.807, 2.05) is 0 Å². The molecule has 0 unspecified atom stereocenters. The van der Waals surface area contributed by atoms with Gasteiger partial charge >= 0.3 is 0 Å². The zero-order chi connectivity index (χ0) is 4.12. The van der Waals surface area contributed by atoms with E-state index in [4.69, 9.17) is 5.26 Å². The number of hydrogen-bond donors (Lipinski definition) is 1. The van der Waals surface area contributed by atoms with Gasteiger partial charge in [-0.3, -0.25) is 0 Å². The summed E-state index contributed by atoms with van der Waals surface area (Å²) in [7, 11) is 1.39. The molecule has 0 aliphatic rings. The van der Waals surface area contributed by atoms with Gasteiger partial charge in [0.25, 0.3) is 8.05 Å². The van der Waals surface area contributed by atoms with E-state index in [9.17, 15) is 0 Å². The van der Waals surface area contributed by atoms with Crippen LogP contribution in [0.15, 0.2) is 0 Å². The highest BCUT2D eigenvalue weighted by atomic mass is 32.2. The first-order valence-electron chi connectivity index (χ1n) is 0.924. The predicted octanol–water partition coefficient (Wildman–Crippen LogP) is -0.396. The molecule has 0 aliphatic heterocycles. The molecule has 0 atom stereocenters. The van der Waals surface area contributed by atoms with Gasteiger partial charge in [0.15, 0.2) is 12.3 Å². The van der Waals surface area contributed by atoms with Gasteiger partial charge in [0, 0.05) is 0 Å². The Morgan fingerprint density at radius 1 is 1.80 bits per heavy atom.